The summed E-state index contributed by atoms with van der Waals surface area (Å²) in [5, 5.41) is 108. The van der Waals surface area contributed by atoms with Crippen LogP contribution in [0.15, 0.2) is 291 Å². The highest BCUT2D eigenvalue weighted by Gasteiger charge is 2.53. The number of aliphatic hydroxyl groups excluding tert-OH is 8. The van der Waals surface area contributed by atoms with Gasteiger partial charge in [-0.05, 0) is 86.3 Å². The second-order valence-corrected chi connectivity index (χ2v) is 32.2. The maximum absolute atomic E-state index is 15.6. The molecule has 4 aliphatic heterocycles. The van der Waals surface area contributed by atoms with E-state index in [2.05, 4.69) is 21.3 Å². The van der Waals surface area contributed by atoms with Gasteiger partial charge in [0.2, 0.25) is 0 Å². The molecule has 688 valence electrons. The average molecular weight is 1800 g/mol. The molecule has 10 aromatic rings. The lowest BCUT2D eigenvalue weighted by Crippen LogP contribution is -2.67. The topological polar surface area (TPSA) is 430 Å². The van der Waals surface area contributed by atoms with Gasteiger partial charge in [-0.3, -0.25) is 9.59 Å². The molecule has 14 rings (SSSR count). The number of nitrogens with zero attached hydrogens (tertiary/aromatic N) is 2. The third kappa shape index (κ3) is 26.5. The van der Waals surface area contributed by atoms with Crippen LogP contribution in [0.2, 0.25) is 0 Å². The minimum atomic E-state index is -1.87. The highest BCUT2D eigenvalue weighted by molar-refractivity contribution is 5.95. The van der Waals surface area contributed by atoms with Gasteiger partial charge in [0, 0.05) is 11.1 Å². The van der Waals surface area contributed by atoms with Crippen LogP contribution in [0.4, 0.5) is 19.2 Å². The maximum Gasteiger partial charge on any atom is 0.407 e. The molecule has 32 nitrogen and oxygen atoms in total. The number of ether oxygens (including phenoxy) is 12. The number of benzene rings is 10. The number of hydrogen-bond donors (Lipinski definition) is 12. The number of alkyl carbamates (subject to hydrolysis) is 4. The predicted octanol–water partition coefficient (Wildman–Crippen LogP) is 8.00. The molecule has 131 heavy (non-hydrogen) atoms. The van der Waals surface area contributed by atoms with Gasteiger partial charge in [0.15, 0.2) is 25.2 Å². The van der Waals surface area contributed by atoms with E-state index in [0.717, 1.165) is 0 Å². The molecule has 0 aliphatic carbocycles. The zero-order chi connectivity index (χ0) is 91.5. The highest BCUT2D eigenvalue weighted by atomic mass is 16.7. The molecule has 12 N–H and O–H groups in total. The molecule has 6 amide bonds. The number of hydrogen-bond acceptors (Lipinski definition) is 26. The largest absolute Gasteiger partial charge is 0.445 e. The summed E-state index contributed by atoms with van der Waals surface area (Å²) in [4.78, 5) is 87.8. The molecular weight excluding hydrogens is 1690 g/mol. The number of carbonyl (C=O) groups is 6. The van der Waals surface area contributed by atoms with E-state index < -0.39 is 185 Å². The summed E-state index contributed by atoms with van der Waals surface area (Å²) < 4.78 is 73.4. The minimum Gasteiger partial charge on any atom is -0.445 e. The summed E-state index contributed by atoms with van der Waals surface area (Å²) in [6.45, 7) is -3.33. The van der Waals surface area contributed by atoms with Crippen LogP contribution in [0.3, 0.4) is 0 Å². The van der Waals surface area contributed by atoms with Gasteiger partial charge in [0.25, 0.3) is 11.8 Å². The highest BCUT2D eigenvalue weighted by Crippen LogP contribution is 2.33. The monoisotopic (exact) mass is 1790 g/mol. The van der Waals surface area contributed by atoms with Crippen LogP contribution in [0.1, 0.15) is 76.4 Å². The lowest BCUT2D eigenvalue weighted by Gasteiger charge is -2.46. The Kier molecular flexibility index (Phi) is 33.9. The first-order chi connectivity index (χ1) is 63.7. The fourth-order valence-electron chi connectivity index (χ4n) is 15.6. The van der Waals surface area contributed by atoms with Gasteiger partial charge in [0.1, 0.15) is 124 Å². The Bertz CT molecular complexity index is 4630. The quantitative estimate of drug-likeness (QED) is 0.0165. The van der Waals surface area contributed by atoms with Crippen molar-refractivity contribution >= 4 is 36.2 Å². The summed E-state index contributed by atoms with van der Waals surface area (Å²) in [6, 6.07) is 78.0. The van der Waals surface area contributed by atoms with Crippen LogP contribution in [-0.2, 0) is 116 Å². The van der Waals surface area contributed by atoms with Gasteiger partial charge in [-0.1, -0.05) is 267 Å². The van der Waals surface area contributed by atoms with Gasteiger partial charge in [-0.25, -0.2) is 19.2 Å². The molecule has 4 fully saturated rings. The van der Waals surface area contributed by atoms with Crippen molar-refractivity contribution in [2.75, 3.05) is 26.2 Å². The van der Waals surface area contributed by atoms with E-state index in [1.165, 1.54) is 34.1 Å². The van der Waals surface area contributed by atoms with Crippen LogP contribution >= 0.6 is 0 Å². The van der Waals surface area contributed by atoms with Crippen molar-refractivity contribution < 1.29 is 126 Å². The van der Waals surface area contributed by atoms with Crippen molar-refractivity contribution in [1.82, 2.24) is 31.1 Å². The molecule has 0 unspecified atom stereocenters. The average Bonchev–Trinajstić information content (AvgIpc) is 0.775. The second kappa shape index (κ2) is 46.9. The summed E-state index contributed by atoms with van der Waals surface area (Å²) in [5.41, 5.74) is 6.73. The molecule has 20 atom stereocenters. The number of amides is 6. The first-order valence-corrected chi connectivity index (χ1v) is 43.0. The minimum absolute atomic E-state index is 0.0465. The SMILES string of the molecule is O=C(N[C@H]1[C@@H](OCc2ccccc2)O[C@H](CN(C[C@H]2O[C@H](OCc3ccccc3)[C@H](NC(=O)OCc3ccccc3)[C@@H](O)[C@@H]2O)C(=O)c2ccc(Cc3ccc(C(=O)N(C[C@H]4O[C@H](OCc5ccccc5)[C@H](NC(=O)OCc5ccccc5)[C@@H](O)[C@@H]4O)C[C@H]4O[C@H](OCc5ccccc5)[C@H](NC(=O)OCc5ccccc5)[C@@H](O)[C@@H]4O)cc3)cc2)[C@@H](O)[C@@H]1O)OCc1ccccc1. The first kappa shape index (κ1) is 94.7. The molecule has 10 aromatic carbocycles. The Balaban J connectivity index is 0.728. The van der Waals surface area contributed by atoms with Crippen molar-refractivity contribution in [1.29, 1.82) is 0 Å². The molecule has 0 spiro atoms. The third-order valence-electron chi connectivity index (χ3n) is 22.8. The zero-order valence-corrected chi connectivity index (χ0v) is 71.3. The summed E-state index contributed by atoms with van der Waals surface area (Å²) >= 11 is 0. The number of nitrogens with one attached hydrogen (secondary N) is 4. The number of aliphatic hydroxyl groups is 8. The van der Waals surface area contributed by atoms with Crippen LogP contribution in [0.5, 0.6) is 0 Å². The Morgan fingerprint density at radius 3 is 0.611 bits per heavy atom. The number of rotatable bonds is 36. The molecule has 4 aliphatic rings. The summed E-state index contributed by atoms with van der Waals surface area (Å²) in [7, 11) is 0. The smallest absolute Gasteiger partial charge is 0.407 e. The van der Waals surface area contributed by atoms with E-state index >= 15 is 9.59 Å². The molecular formula is C99H106N6O26. The number of carbonyl (C=O) groups excluding carboxylic acids is 6. The Hall–Kier alpha value is -12.4. The van der Waals surface area contributed by atoms with Gasteiger partial charge in [0.05, 0.1) is 52.6 Å². The maximum atomic E-state index is 15.6. The lowest BCUT2D eigenvalue weighted by atomic mass is 9.94. The molecule has 4 heterocycles. The van der Waals surface area contributed by atoms with Crippen molar-refractivity contribution in [3.63, 3.8) is 0 Å². The van der Waals surface area contributed by atoms with Gasteiger partial charge in [-0.15, -0.1) is 0 Å². The van der Waals surface area contributed by atoms with Crippen LogP contribution in [0.25, 0.3) is 0 Å². The fraction of sp³-hybridized carbons (Fsp3) is 0.333. The van der Waals surface area contributed by atoms with Gasteiger partial charge in [-0.2, -0.15) is 0 Å². The van der Waals surface area contributed by atoms with E-state index in [1.54, 1.807) is 267 Å². The van der Waals surface area contributed by atoms with Crippen LogP contribution in [0, 0.1) is 0 Å². The Morgan fingerprint density at radius 2 is 0.420 bits per heavy atom. The van der Waals surface area contributed by atoms with Crippen molar-refractivity contribution in [3.8, 4) is 0 Å². The molecule has 0 saturated carbocycles. The summed E-state index contributed by atoms with van der Waals surface area (Å²) in [6.07, 6.45) is -30.7. The van der Waals surface area contributed by atoms with E-state index in [4.69, 9.17) is 56.8 Å². The molecule has 4 saturated heterocycles. The lowest BCUT2D eigenvalue weighted by molar-refractivity contribution is -0.276. The molecule has 0 aromatic heterocycles. The Morgan fingerprint density at radius 1 is 0.237 bits per heavy atom. The second-order valence-electron chi connectivity index (χ2n) is 32.2. The standard InChI is InChI=1S/C99H106N6O26/c106-82-74(128-92(120-54-64-25-9-1-10-26-64)78(86(82)110)100-96(116)124-58-68-33-17-5-18-34-68)50-104(51-75-83(107)87(111)79(93(129-75)121-55-65-27-11-2-12-28-65)101-97(117)125-59-69-35-19-6-20-36-69)90(114)72-45-41-62(42-46-72)49-63-43-47-73(48-44-63)91(115)105(52-76-84(108)88(112)80(94(130-76)122-56-66-29-13-3-14-30-66)102-98(118)126-60-70-37-21-7-22-38-70)53-77-85(109)89(113)81(95(131-77)123-57-67-31-15-4-16-32-67)103-99(119)127-61-71-39-23-8-24-40-71/h1-48,74-89,92-95,106-113H,49-61H2,(H,100,116)(H,101,117)(H,102,118)(H,103,119)/t74-,75-,76-,77-,78-,79-,80-,81-,82-,83-,84-,85-,86-,87-,88-,89-,92+,93+,94+,95+/m1/s1. The summed E-state index contributed by atoms with van der Waals surface area (Å²) in [5.74, 6) is -1.48. The van der Waals surface area contributed by atoms with E-state index in [9.17, 15) is 60.0 Å². The fourth-order valence-corrected chi connectivity index (χ4v) is 15.6. The van der Waals surface area contributed by atoms with E-state index in [1.807, 2.05) is 0 Å². The molecule has 32 heteroatoms. The van der Waals surface area contributed by atoms with Crippen LogP contribution in [-0.4, -0.2) is 236 Å². The van der Waals surface area contributed by atoms with Crippen LogP contribution < -0.4 is 21.3 Å². The predicted molar refractivity (Wildman–Crippen MR) is 469 cm³/mol. The molecule has 0 radical (unpaired) electrons. The third-order valence-corrected chi connectivity index (χ3v) is 22.8. The normalized spacial score (nSPS) is 25.2. The van der Waals surface area contributed by atoms with Crippen molar-refractivity contribution in [2.45, 2.75) is 182 Å². The Labute approximate surface area is 756 Å². The van der Waals surface area contributed by atoms with E-state index in [0.29, 0.717) is 55.6 Å². The van der Waals surface area contributed by atoms with E-state index in [-0.39, 0.29) is 70.4 Å². The first-order valence-electron chi connectivity index (χ1n) is 43.0. The van der Waals surface area contributed by atoms with Crippen molar-refractivity contribution in [2.24, 2.45) is 0 Å². The van der Waals surface area contributed by atoms with Gasteiger partial charge < -0.3 is 129 Å². The molecule has 0 bridgehead atoms. The van der Waals surface area contributed by atoms with Gasteiger partial charge >= 0.3 is 24.4 Å². The van der Waals surface area contributed by atoms with Crippen molar-refractivity contribution in [3.05, 3.63) is 358 Å². The zero-order valence-electron chi connectivity index (χ0n) is 71.3.